The van der Waals surface area contributed by atoms with Crippen molar-refractivity contribution in [3.63, 3.8) is 0 Å². The van der Waals surface area contributed by atoms with E-state index in [-0.39, 0.29) is 24.2 Å². The molecule has 0 radical (unpaired) electrons. The second-order valence-corrected chi connectivity index (χ2v) is 7.01. The standard InChI is InChI=1S/C19H19ClN4O2/c20-13-7-9-14(10-8-13)22-17(25)12-23-16-6-3-11-21-18(16)24(19(23)26)15-4-1-2-5-15/h3,6-11,15H,1-2,4-5,12H2,(H,22,25). The van der Waals surface area contributed by atoms with E-state index in [1.54, 1.807) is 41.1 Å². The molecule has 2 heterocycles. The molecule has 2 aromatic heterocycles. The van der Waals surface area contributed by atoms with Gasteiger partial charge >= 0.3 is 5.69 Å². The van der Waals surface area contributed by atoms with Crippen LogP contribution in [0.2, 0.25) is 5.02 Å². The van der Waals surface area contributed by atoms with Crippen LogP contribution in [0.15, 0.2) is 47.4 Å². The Kier molecular flexibility index (Phi) is 4.51. The van der Waals surface area contributed by atoms with Gasteiger partial charge in [0.15, 0.2) is 5.65 Å². The Morgan fingerprint density at radius 2 is 1.92 bits per heavy atom. The van der Waals surface area contributed by atoms with Gasteiger partial charge in [0, 0.05) is 22.9 Å². The third kappa shape index (κ3) is 3.12. The molecule has 3 aromatic rings. The summed E-state index contributed by atoms with van der Waals surface area (Å²) in [5.74, 6) is -0.260. The molecule has 1 fully saturated rings. The third-order valence-corrected chi connectivity index (χ3v) is 5.09. The number of nitrogens with zero attached hydrogens (tertiary/aromatic N) is 3. The van der Waals surface area contributed by atoms with Gasteiger partial charge in [-0.3, -0.25) is 13.9 Å². The van der Waals surface area contributed by atoms with E-state index in [0.717, 1.165) is 25.7 Å². The van der Waals surface area contributed by atoms with Crippen molar-refractivity contribution in [1.82, 2.24) is 14.1 Å². The van der Waals surface area contributed by atoms with E-state index in [4.69, 9.17) is 11.6 Å². The summed E-state index contributed by atoms with van der Waals surface area (Å²) in [4.78, 5) is 29.9. The maximum absolute atomic E-state index is 13.0. The number of amides is 1. The minimum Gasteiger partial charge on any atom is -0.325 e. The molecule has 0 spiro atoms. The summed E-state index contributed by atoms with van der Waals surface area (Å²) >= 11 is 5.86. The Labute approximate surface area is 155 Å². The van der Waals surface area contributed by atoms with Gasteiger partial charge < -0.3 is 5.32 Å². The van der Waals surface area contributed by atoms with Crippen LogP contribution in [0.1, 0.15) is 31.7 Å². The first-order valence-electron chi connectivity index (χ1n) is 8.74. The summed E-state index contributed by atoms with van der Waals surface area (Å²) in [7, 11) is 0. The molecule has 1 aliphatic carbocycles. The lowest BCUT2D eigenvalue weighted by molar-refractivity contribution is -0.116. The highest BCUT2D eigenvalue weighted by atomic mass is 35.5. The molecule has 6 nitrogen and oxygen atoms in total. The van der Waals surface area contributed by atoms with Crippen LogP contribution in [0.3, 0.4) is 0 Å². The van der Waals surface area contributed by atoms with Crippen molar-refractivity contribution in [3.05, 3.63) is 58.1 Å². The van der Waals surface area contributed by atoms with Crippen LogP contribution < -0.4 is 11.0 Å². The fraction of sp³-hybridized carbons (Fsp3) is 0.316. The van der Waals surface area contributed by atoms with Gasteiger partial charge in [0.05, 0.1) is 5.52 Å². The number of hydrogen-bond donors (Lipinski definition) is 1. The molecule has 0 unspecified atom stereocenters. The average Bonchev–Trinajstić information content (AvgIpc) is 3.24. The average molecular weight is 371 g/mol. The lowest BCUT2D eigenvalue weighted by atomic mass is 10.2. The minimum atomic E-state index is -0.260. The first-order chi connectivity index (χ1) is 12.6. The second kappa shape index (κ2) is 6.96. The van der Waals surface area contributed by atoms with E-state index < -0.39 is 0 Å². The van der Waals surface area contributed by atoms with Gasteiger partial charge in [-0.15, -0.1) is 0 Å². The quantitative estimate of drug-likeness (QED) is 0.762. The number of halogens is 1. The van der Waals surface area contributed by atoms with Gasteiger partial charge in [0.1, 0.15) is 6.54 Å². The molecule has 26 heavy (non-hydrogen) atoms. The Bertz CT molecular complexity index is 1000. The van der Waals surface area contributed by atoms with Crippen LogP contribution >= 0.6 is 11.6 Å². The smallest absolute Gasteiger partial charge is 0.325 e. The minimum absolute atomic E-state index is 0.0522. The predicted molar refractivity (Wildman–Crippen MR) is 102 cm³/mol. The molecular formula is C19H19ClN4O2. The van der Waals surface area contributed by atoms with Crippen molar-refractivity contribution in [2.24, 2.45) is 0 Å². The summed E-state index contributed by atoms with van der Waals surface area (Å²) in [5, 5.41) is 3.40. The summed E-state index contributed by atoms with van der Waals surface area (Å²) < 4.78 is 3.27. The lowest BCUT2D eigenvalue weighted by Gasteiger charge is -2.10. The molecule has 0 atom stereocenters. The Morgan fingerprint density at radius 3 is 2.65 bits per heavy atom. The zero-order chi connectivity index (χ0) is 18.1. The van der Waals surface area contributed by atoms with E-state index >= 15 is 0 Å². The van der Waals surface area contributed by atoms with Gasteiger partial charge in [-0.25, -0.2) is 9.78 Å². The first kappa shape index (κ1) is 16.8. The van der Waals surface area contributed by atoms with Gasteiger partial charge in [-0.1, -0.05) is 24.4 Å². The molecule has 0 bridgehead atoms. The Morgan fingerprint density at radius 1 is 1.19 bits per heavy atom. The van der Waals surface area contributed by atoms with E-state index in [9.17, 15) is 9.59 Å². The van der Waals surface area contributed by atoms with Gasteiger partial charge in [-0.2, -0.15) is 0 Å². The zero-order valence-corrected chi connectivity index (χ0v) is 14.9. The summed E-state index contributed by atoms with van der Waals surface area (Å²) in [6, 6.07) is 10.7. The molecule has 1 saturated carbocycles. The van der Waals surface area contributed by atoms with Crippen molar-refractivity contribution in [2.75, 3.05) is 5.32 Å². The lowest BCUT2D eigenvalue weighted by Crippen LogP contribution is -2.30. The topological polar surface area (TPSA) is 68.9 Å². The van der Waals surface area contributed by atoms with Gasteiger partial charge in [-0.05, 0) is 49.2 Å². The molecule has 7 heteroatoms. The van der Waals surface area contributed by atoms with Gasteiger partial charge in [0.25, 0.3) is 0 Å². The number of rotatable bonds is 4. The number of fused-ring (bicyclic) bond motifs is 1. The van der Waals surface area contributed by atoms with Crippen LogP contribution in [0.4, 0.5) is 5.69 Å². The number of benzene rings is 1. The predicted octanol–water partition coefficient (Wildman–Crippen LogP) is 3.61. The fourth-order valence-corrected chi connectivity index (χ4v) is 3.76. The van der Waals surface area contributed by atoms with Crippen LogP contribution in [0.25, 0.3) is 11.2 Å². The maximum atomic E-state index is 13.0. The Hall–Kier alpha value is -2.60. The summed E-state index contributed by atoms with van der Waals surface area (Å²) in [5.41, 5.74) is 1.82. The highest BCUT2D eigenvalue weighted by molar-refractivity contribution is 6.30. The Balaban J connectivity index is 1.65. The molecular weight excluding hydrogens is 352 g/mol. The SMILES string of the molecule is O=C(Cn1c(=O)n(C2CCCC2)c2ncccc21)Nc1ccc(Cl)cc1. The van der Waals surface area contributed by atoms with E-state index in [1.807, 2.05) is 6.07 Å². The maximum Gasteiger partial charge on any atom is 0.331 e. The van der Waals surface area contributed by atoms with Crippen LogP contribution in [0.5, 0.6) is 0 Å². The molecule has 4 rings (SSSR count). The first-order valence-corrected chi connectivity index (χ1v) is 9.12. The van der Waals surface area contributed by atoms with Crippen LogP contribution in [-0.2, 0) is 11.3 Å². The molecule has 1 aromatic carbocycles. The van der Waals surface area contributed by atoms with E-state index in [2.05, 4.69) is 10.3 Å². The number of nitrogens with one attached hydrogen (secondary N) is 1. The summed E-state index contributed by atoms with van der Waals surface area (Å²) in [6.07, 6.45) is 5.88. The van der Waals surface area contributed by atoms with Crippen molar-refractivity contribution in [2.45, 2.75) is 38.3 Å². The second-order valence-electron chi connectivity index (χ2n) is 6.58. The van der Waals surface area contributed by atoms with Crippen molar-refractivity contribution in [1.29, 1.82) is 0 Å². The normalized spacial score (nSPS) is 14.8. The number of anilines is 1. The molecule has 134 valence electrons. The van der Waals surface area contributed by atoms with Crippen molar-refractivity contribution in [3.8, 4) is 0 Å². The number of carbonyl (C=O) groups excluding carboxylic acids is 1. The number of imidazole rings is 1. The highest BCUT2D eigenvalue weighted by Crippen LogP contribution is 2.30. The van der Waals surface area contributed by atoms with Crippen molar-refractivity contribution < 1.29 is 4.79 Å². The van der Waals surface area contributed by atoms with Crippen molar-refractivity contribution >= 4 is 34.4 Å². The van der Waals surface area contributed by atoms with Crippen LogP contribution in [-0.4, -0.2) is 20.0 Å². The van der Waals surface area contributed by atoms with E-state index in [1.165, 1.54) is 4.57 Å². The molecule has 1 amide bonds. The van der Waals surface area contributed by atoms with E-state index in [0.29, 0.717) is 21.9 Å². The fourth-order valence-electron chi connectivity index (χ4n) is 3.63. The monoisotopic (exact) mass is 370 g/mol. The van der Waals surface area contributed by atoms with Gasteiger partial charge in [0.2, 0.25) is 5.91 Å². The molecule has 0 aliphatic heterocycles. The third-order valence-electron chi connectivity index (χ3n) is 4.84. The number of carbonyl (C=O) groups is 1. The van der Waals surface area contributed by atoms with Crippen LogP contribution in [0, 0.1) is 0 Å². The largest absolute Gasteiger partial charge is 0.331 e. The molecule has 1 N–H and O–H groups in total. The highest BCUT2D eigenvalue weighted by Gasteiger charge is 2.24. The number of pyridine rings is 1. The zero-order valence-electron chi connectivity index (χ0n) is 14.2. The number of hydrogen-bond acceptors (Lipinski definition) is 3. The molecule has 0 saturated heterocycles. The number of aromatic nitrogens is 3. The summed E-state index contributed by atoms with van der Waals surface area (Å²) in [6.45, 7) is -0.0522. The molecule has 1 aliphatic rings.